The van der Waals surface area contributed by atoms with E-state index in [0.717, 1.165) is 19.3 Å². The third-order valence-electron chi connectivity index (χ3n) is 6.15. The van der Waals surface area contributed by atoms with Gasteiger partial charge in [0.1, 0.15) is 9.79 Å². The van der Waals surface area contributed by atoms with Crippen molar-refractivity contribution in [2.75, 3.05) is 37.6 Å². The molecule has 3 heterocycles. The number of sulfonamides is 2. The minimum Gasteiger partial charge on any atom is -0.371 e. The van der Waals surface area contributed by atoms with Gasteiger partial charge in [0.25, 0.3) is 0 Å². The summed E-state index contributed by atoms with van der Waals surface area (Å²) in [5.41, 5.74) is 6.21. The van der Waals surface area contributed by atoms with Gasteiger partial charge in [0, 0.05) is 31.4 Å². The summed E-state index contributed by atoms with van der Waals surface area (Å²) in [5.74, 6) is 0.444. The van der Waals surface area contributed by atoms with Gasteiger partial charge < -0.3 is 16.0 Å². The highest BCUT2D eigenvalue weighted by Crippen LogP contribution is 2.39. The summed E-state index contributed by atoms with van der Waals surface area (Å²) in [5, 5.41) is 22.4. The summed E-state index contributed by atoms with van der Waals surface area (Å²) in [6.45, 7) is 3.04. The van der Waals surface area contributed by atoms with Gasteiger partial charge in [0.15, 0.2) is 0 Å². The Balaban J connectivity index is 1.83. The highest BCUT2D eigenvalue weighted by atomic mass is 32.2. The molecule has 0 aliphatic carbocycles. The maximum Gasteiger partial charge on any atom is 0.242 e. The van der Waals surface area contributed by atoms with Gasteiger partial charge >= 0.3 is 0 Å². The van der Waals surface area contributed by atoms with Crippen LogP contribution in [0.15, 0.2) is 21.9 Å². The largest absolute Gasteiger partial charge is 0.371 e. The Morgan fingerprint density at radius 3 is 2.48 bits per heavy atom. The van der Waals surface area contributed by atoms with Crippen LogP contribution in [0.3, 0.4) is 0 Å². The van der Waals surface area contributed by atoms with E-state index in [4.69, 9.17) is 10.9 Å². The molecule has 1 aromatic carbocycles. The number of aromatic amines is 1. The second-order valence-electron chi connectivity index (χ2n) is 8.39. The van der Waals surface area contributed by atoms with Crippen LogP contribution in [0.25, 0.3) is 11.4 Å². The van der Waals surface area contributed by atoms with E-state index in [1.807, 2.05) is 4.90 Å². The van der Waals surface area contributed by atoms with Crippen molar-refractivity contribution in [3.63, 3.8) is 0 Å². The SMILES string of the molecule is NCCC1CCN(c2ccc(S(=O)(=O)NC3CCNC3)c(S(N)(=O)=O)c2-c2nn[nH]n2)CC1. The van der Waals surface area contributed by atoms with Crippen LogP contribution in [0.2, 0.25) is 0 Å². The molecule has 0 spiro atoms. The quantitative estimate of drug-likeness (QED) is 0.291. The maximum absolute atomic E-state index is 13.2. The number of tetrazole rings is 1. The molecule has 0 radical (unpaired) electrons. The lowest BCUT2D eigenvalue weighted by Crippen LogP contribution is -2.38. The van der Waals surface area contributed by atoms with Gasteiger partial charge in [-0.15, -0.1) is 10.2 Å². The number of rotatable bonds is 8. The first-order valence-electron chi connectivity index (χ1n) is 10.8. The first kappa shape index (κ1) is 24.0. The zero-order valence-corrected chi connectivity index (χ0v) is 19.7. The molecule has 182 valence electrons. The number of hydrogen-bond donors (Lipinski definition) is 5. The van der Waals surface area contributed by atoms with Gasteiger partial charge in [-0.05, 0) is 62.0 Å². The van der Waals surface area contributed by atoms with Crippen LogP contribution in [0.1, 0.15) is 25.7 Å². The predicted molar refractivity (Wildman–Crippen MR) is 121 cm³/mol. The van der Waals surface area contributed by atoms with Crippen molar-refractivity contribution in [2.24, 2.45) is 16.8 Å². The van der Waals surface area contributed by atoms with Crippen LogP contribution in [0.4, 0.5) is 5.69 Å². The average molecular weight is 500 g/mol. The van der Waals surface area contributed by atoms with Crippen molar-refractivity contribution in [1.29, 1.82) is 0 Å². The lowest BCUT2D eigenvalue weighted by Gasteiger charge is -2.35. The van der Waals surface area contributed by atoms with Crippen LogP contribution in [0, 0.1) is 5.92 Å². The molecule has 13 nitrogen and oxygen atoms in total. The summed E-state index contributed by atoms with van der Waals surface area (Å²) >= 11 is 0. The first-order valence-corrected chi connectivity index (χ1v) is 13.9. The van der Waals surface area contributed by atoms with Crippen molar-refractivity contribution < 1.29 is 16.8 Å². The second kappa shape index (κ2) is 9.60. The van der Waals surface area contributed by atoms with E-state index in [1.54, 1.807) is 6.07 Å². The van der Waals surface area contributed by atoms with Crippen molar-refractivity contribution >= 4 is 25.7 Å². The van der Waals surface area contributed by atoms with Crippen LogP contribution >= 0.6 is 0 Å². The van der Waals surface area contributed by atoms with Crippen molar-refractivity contribution in [2.45, 2.75) is 41.5 Å². The average Bonchev–Trinajstić information content (AvgIpc) is 3.47. The molecular formula is C18H29N9O4S2. The van der Waals surface area contributed by atoms with Crippen LogP contribution in [-0.4, -0.2) is 76.2 Å². The first-order chi connectivity index (χ1) is 15.7. The minimum absolute atomic E-state index is 0.0240. The fourth-order valence-corrected chi connectivity index (χ4v) is 7.40. The summed E-state index contributed by atoms with van der Waals surface area (Å²) in [6, 6.07) is 2.53. The number of nitrogens with two attached hydrogens (primary N) is 2. The Morgan fingerprint density at radius 2 is 1.91 bits per heavy atom. The van der Waals surface area contributed by atoms with Gasteiger partial charge in [-0.2, -0.15) is 5.21 Å². The zero-order valence-electron chi connectivity index (χ0n) is 18.1. The maximum atomic E-state index is 13.2. The number of H-pyrrole nitrogens is 1. The van der Waals surface area contributed by atoms with Gasteiger partial charge in [0.05, 0.1) is 5.56 Å². The van der Waals surface area contributed by atoms with E-state index >= 15 is 0 Å². The Morgan fingerprint density at radius 1 is 1.15 bits per heavy atom. The molecule has 2 fully saturated rings. The number of aromatic nitrogens is 4. The molecular weight excluding hydrogens is 470 g/mol. The molecule has 0 amide bonds. The monoisotopic (exact) mass is 499 g/mol. The standard InChI is InChI=1S/C18H29N9O4S2/c19-7-3-12-5-9-27(10-6-12)14-1-2-15(33(30,31)24-13-4-8-21-11-13)17(32(20,28)29)16(14)18-22-25-26-23-18/h1-2,12-13,21,24H,3-11,19H2,(H2,20,28,29)(H,22,23,25,26). The number of hydrogen-bond acceptors (Lipinski definition) is 10. The molecule has 0 bridgehead atoms. The van der Waals surface area contributed by atoms with E-state index in [2.05, 4.69) is 30.7 Å². The summed E-state index contributed by atoms with van der Waals surface area (Å²) in [7, 11) is -8.69. The van der Waals surface area contributed by atoms with Gasteiger partial charge in [0.2, 0.25) is 25.9 Å². The topological polar surface area (TPSA) is 202 Å². The Labute approximate surface area is 192 Å². The summed E-state index contributed by atoms with van der Waals surface area (Å²) in [6.07, 6.45) is 3.28. The molecule has 33 heavy (non-hydrogen) atoms. The van der Waals surface area contributed by atoms with E-state index in [1.165, 1.54) is 6.07 Å². The Hall–Kier alpha value is -2.17. The van der Waals surface area contributed by atoms with Crippen molar-refractivity contribution in [3.8, 4) is 11.4 Å². The number of benzene rings is 1. The van der Waals surface area contributed by atoms with Gasteiger partial charge in [-0.1, -0.05) is 0 Å². The predicted octanol–water partition coefficient (Wildman–Crippen LogP) is -1.28. The fraction of sp³-hybridized carbons (Fsp3) is 0.611. The van der Waals surface area contributed by atoms with E-state index < -0.39 is 29.8 Å². The fourth-order valence-electron chi connectivity index (χ4n) is 4.53. The zero-order chi connectivity index (χ0) is 23.6. The molecule has 15 heteroatoms. The van der Waals surface area contributed by atoms with Gasteiger partial charge in [-0.25, -0.2) is 26.7 Å². The van der Waals surface area contributed by atoms with Crippen molar-refractivity contribution in [1.82, 2.24) is 30.7 Å². The number of primary sulfonamides is 1. The third-order valence-corrected chi connectivity index (χ3v) is 8.84. The van der Waals surface area contributed by atoms with Gasteiger partial charge in [-0.3, -0.25) is 0 Å². The third kappa shape index (κ3) is 5.17. The minimum atomic E-state index is -4.49. The van der Waals surface area contributed by atoms with Crippen LogP contribution < -0.4 is 25.8 Å². The Kier molecular flexibility index (Phi) is 6.97. The molecule has 4 rings (SSSR count). The van der Waals surface area contributed by atoms with E-state index in [-0.39, 0.29) is 17.4 Å². The number of anilines is 1. The molecule has 2 saturated heterocycles. The lowest BCUT2D eigenvalue weighted by molar-refractivity contribution is 0.386. The number of nitrogens with one attached hydrogen (secondary N) is 3. The molecule has 7 N–H and O–H groups in total. The van der Waals surface area contributed by atoms with Crippen molar-refractivity contribution in [3.05, 3.63) is 12.1 Å². The second-order valence-corrected chi connectivity index (χ2v) is 11.6. The molecule has 2 aromatic rings. The lowest BCUT2D eigenvalue weighted by atomic mass is 9.93. The number of piperidine rings is 1. The van der Waals surface area contributed by atoms with Crippen LogP contribution in [0.5, 0.6) is 0 Å². The normalized spacial score (nSPS) is 20.4. The number of nitrogens with zero attached hydrogens (tertiary/aromatic N) is 4. The molecule has 1 atom stereocenters. The summed E-state index contributed by atoms with van der Waals surface area (Å²) in [4.78, 5) is 1.03. The summed E-state index contributed by atoms with van der Waals surface area (Å²) < 4.78 is 54.6. The molecule has 0 saturated carbocycles. The highest BCUT2D eigenvalue weighted by Gasteiger charge is 2.35. The Bertz CT molecular complexity index is 1170. The molecule has 2 aliphatic rings. The van der Waals surface area contributed by atoms with Crippen LogP contribution in [-0.2, 0) is 20.0 Å². The smallest absolute Gasteiger partial charge is 0.242 e. The van der Waals surface area contributed by atoms with E-state index in [0.29, 0.717) is 50.7 Å². The molecule has 1 unspecified atom stereocenters. The highest BCUT2D eigenvalue weighted by molar-refractivity contribution is 7.92. The molecule has 2 aliphatic heterocycles. The molecule has 1 aromatic heterocycles. The van der Waals surface area contributed by atoms with E-state index in [9.17, 15) is 16.8 Å².